The molecule has 2 fully saturated rings. The Hall–Kier alpha value is -4.25. The maximum atomic E-state index is 12.8. The molecule has 4 heterocycles. The highest BCUT2D eigenvalue weighted by Gasteiger charge is 2.20. The van der Waals surface area contributed by atoms with Crippen LogP contribution in [-0.2, 0) is 9.47 Å². The number of halogens is 1. The van der Waals surface area contributed by atoms with E-state index >= 15 is 0 Å². The Bertz CT molecular complexity index is 1460. The van der Waals surface area contributed by atoms with Crippen LogP contribution in [0.25, 0.3) is 22.4 Å². The fraction of sp³-hybridized carbons (Fsp3) is 0.267. The maximum absolute atomic E-state index is 12.8. The Morgan fingerprint density at radius 2 is 1.37 bits per heavy atom. The topological polar surface area (TPSA) is 105 Å². The number of nitrogens with one attached hydrogen (secondary N) is 2. The van der Waals surface area contributed by atoms with E-state index in [9.17, 15) is 4.79 Å². The summed E-state index contributed by atoms with van der Waals surface area (Å²) >= 11 is 6.40. The Labute approximate surface area is 243 Å². The van der Waals surface area contributed by atoms with Gasteiger partial charge < -0.3 is 29.9 Å². The van der Waals surface area contributed by atoms with Gasteiger partial charge in [-0.3, -0.25) is 4.98 Å². The zero-order valence-electron chi connectivity index (χ0n) is 22.4. The van der Waals surface area contributed by atoms with Crippen LogP contribution in [0.3, 0.4) is 0 Å². The second-order valence-electron chi connectivity index (χ2n) is 9.70. The molecule has 6 rings (SSSR count). The molecule has 2 N–H and O–H groups in total. The number of pyridine rings is 1. The van der Waals surface area contributed by atoms with Crippen LogP contribution in [0.1, 0.15) is 0 Å². The Kier molecular flexibility index (Phi) is 8.22. The number of urea groups is 1. The number of carbonyl (C=O) groups excluding carboxylic acids is 1. The summed E-state index contributed by atoms with van der Waals surface area (Å²) in [6.45, 7) is 5.74. The third-order valence-corrected chi connectivity index (χ3v) is 7.31. The minimum absolute atomic E-state index is 0.355. The number of benzene rings is 2. The molecule has 2 aliphatic rings. The summed E-state index contributed by atoms with van der Waals surface area (Å²) in [4.78, 5) is 31.0. The van der Waals surface area contributed by atoms with Crippen LogP contribution < -0.4 is 20.4 Å². The lowest BCUT2D eigenvalue weighted by molar-refractivity contribution is 0.121. The molecule has 2 aromatic heterocycles. The van der Waals surface area contributed by atoms with Crippen LogP contribution in [0.5, 0.6) is 0 Å². The molecule has 10 nitrogen and oxygen atoms in total. The summed E-state index contributed by atoms with van der Waals surface area (Å²) in [5.74, 6) is 1.58. The van der Waals surface area contributed by atoms with Gasteiger partial charge in [-0.1, -0.05) is 23.7 Å². The smallest absolute Gasteiger partial charge is 0.323 e. The van der Waals surface area contributed by atoms with Crippen LogP contribution in [0, 0.1) is 0 Å². The molecular formula is C30H30ClN7O3. The molecule has 210 valence electrons. The van der Waals surface area contributed by atoms with E-state index in [2.05, 4.69) is 25.4 Å². The predicted molar refractivity (Wildman–Crippen MR) is 161 cm³/mol. The van der Waals surface area contributed by atoms with E-state index in [1.807, 2.05) is 48.5 Å². The molecule has 0 unspecified atom stereocenters. The Morgan fingerprint density at radius 1 is 0.732 bits per heavy atom. The van der Waals surface area contributed by atoms with Crippen LogP contribution in [0.4, 0.5) is 27.9 Å². The highest BCUT2D eigenvalue weighted by molar-refractivity contribution is 6.33. The Morgan fingerprint density at radius 3 is 2.07 bits per heavy atom. The minimum Gasteiger partial charge on any atom is -0.378 e. The van der Waals surface area contributed by atoms with Crippen molar-refractivity contribution in [3.8, 4) is 22.4 Å². The van der Waals surface area contributed by atoms with Gasteiger partial charge in [0.15, 0.2) is 0 Å². The molecule has 2 aliphatic heterocycles. The van der Waals surface area contributed by atoms with Crippen LogP contribution in [0.15, 0.2) is 73.1 Å². The van der Waals surface area contributed by atoms with E-state index in [1.165, 1.54) is 0 Å². The fourth-order valence-corrected chi connectivity index (χ4v) is 5.03. The SMILES string of the molecule is O=C(Nc1ccc(-c2cc(N3CCOCC3)nc(N3CCOCC3)n2)cc1)Nc1ccc(Cl)c(-c2ccncc2)c1. The Balaban J connectivity index is 1.17. The van der Waals surface area contributed by atoms with Gasteiger partial charge in [0.2, 0.25) is 5.95 Å². The molecular weight excluding hydrogens is 542 g/mol. The lowest BCUT2D eigenvalue weighted by atomic mass is 10.1. The number of rotatable bonds is 6. The standard InChI is InChI=1S/C30H30ClN7O3/c31-26-6-5-24(19-25(26)21-7-9-32-10-8-21)34-30(39)33-23-3-1-22(2-4-23)27-20-28(37-11-15-40-16-12-37)36-29(35-27)38-13-17-41-18-14-38/h1-10,19-20H,11-18H2,(H2,33,34,39). The number of hydrogen-bond acceptors (Lipinski definition) is 8. The quantitative estimate of drug-likeness (QED) is 0.326. The second kappa shape index (κ2) is 12.5. The summed E-state index contributed by atoms with van der Waals surface area (Å²) in [5.41, 5.74) is 4.77. The molecule has 2 saturated heterocycles. The number of ether oxygens (including phenoxy) is 2. The number of morpholine rings is 2. The first kappa shape index (κ1) is 26.9. The van der Waals surface area contributed by atoms with Gasteiger partial charge in [-0.15, -0.1) is 0 Å². The summed E-state index contributed by atoms with van der Waals surface area (Å²) in [7, 11) is 0. The summed E-state index contributed by atoms with van der Waals surface area (Å²) in [6.07, 6.45) is 3.41. The average molecular weight is 572 g/mol. The highest BCUT2D eigenvalue weighted by atomic mass is 35.5. The van der Waals surface area contributed by atoms with Crippen molar-refractivity contribution in [2.24, 2.45) is 0 Å². The number of amides is 2. The first-order valence-electron chi connectivity index (χ1n) is 13.6. The monoisotopic (exact) mass is 571 g/mol. The molecule has 41 heavy (non-hydrogen) atoms. The van der Waals surface area contributed by atoms with Crippen molar-refractivity contribution >= 4 is 40.8 Å². The largest absolute Gasteiger partial charge is 0.378 e. The molecule has 0 spiro atoms. The van der Waals surface area contributed by atoms with E-state index in [1.54, 1.807) is 24.5 Å². The zero-order chi connectivity index (χ0) is 28.0. The summed E-state index contributed by atoms with van der Waals surface area (Å²) in [6, 6.07) is 18.4. The number of aromatic nitrogens is 3. The van der Waals surface area contributed by atoms with Gasteiger partial charge in [-0.2, -0.15) is 4.98 Å². The van der Waals surface area contributed by atoms with Crippen molar-refractivity contribution in [3.05, 3.63) is 78.1 Å². The third-order valence-electron chi connectivity index (χ3n) is 6.98. The van der Waals surface area contributed by atoms with Crippen molar-refractivity contribution in [3.63, 3.8) is 0 Å². The van der Waals surface area contributed by atoms with Crippen molar-refractivity contribution in [1.29, 1.82) is 0 Å². The molecule has 0 aliphatic carbocycles. The molecule has 0 saturated carbocycles. The second-order valence-corrected chi connectivity index (χ2v) is 10.1. The number of anilines is 4. The lowest BCUT2D eigenvalue weighted by Crippen LogP contribution is -2.39. The van der Waals surface area contributed by atoms with E-state index < -0.39 is 0 Å². The summed E-state index contributed by atoms with van der Waals surface area (Å²) < 4.78 is 11.1. The number of nitrogens with zero attached hydrogens (tertiary/aromatic N) is 5. The van der Waals surface area contributed by atoms with E-state index in [-0.39, 0.29) is 6.03 Å². The third kappa shape index (κ3) is 6.57. The molecule has 0 atom stereocenters. The lowest BCUT2D eigenvalue weighted by Gasteiger charge is -2.31. The van der Waals surface area contributed by atoms with Crippen molar-refractivity contribution in [2.75, 3.05) is 73.0 Å². The van der Waals surface area contributed by atoms with Crippen LogP contribution >= 0.6 is 11.6 Å². The van der Waals surface area contributed by atoms with E-state index in [0.29, 0.717) is 48.8 Å². The van der Waals surface area contributed by atoms with Crippen molar-refractivity contribution in [2.45, 2.75) is 0 Å². The molecule has 11 heteroatoms. The molecule has 2 aromatic carbocycles. The first-order chi connectivity index (χ1) is 20.1. The van der Waals surface area contributed by atoms with Gasteiger partial charge >= 0.3 is 6.03 Å². The van der Waals surface area contributed by atoms with Gasteiger partial charge in [0.05, 0.1) is 32.1 Å². The maximum Gasteiger partial charge on any atom is 0.323 e. The molecule has 2 amide bonds. The first-order valence-corrected chi connectivity index (χ1v) is 13.9. The van der Waals surface area contributed by atoms with E-state index in [0.717, 1.165) is 54.4 Å². The average Bonchev–Trinajstić information content (AvgIpc) is 3.03. The predicted octanol–water partition coefficient (Wildman–Crippen LogP) is 5.18. The van der Waals surface area contributed by atoms with Crippen LogP contribution in [0.2, 0.25) is 5.02 Å². The van der Waals surface area contributed by atoms with Gasteiger partial charge in [0, 0.05) is 72.2 Å². The van der Waals surface area contributed by atoms with Gasteiger partial charge in [-0.05, 0) is 48.0 Å². The number of carbonyl (C=O) groups is 1. The molecule has 0 radical (unpaired) electrons. The van der Waals surface area contributed by atoms with E-state index in [4.69, 9.17) is 31.0 Å². The fourth-order valence-electron chi connectivity index (χ4n) is 4.80. The van der Waals surface area contributed by atoms with Gasteiger partial charge in [-0.25, -0.2) is 9.78 Å². The molecule has 4 aromatic rings. The summed E-state index contributed by atoms with van der Waals surface area (Å²) in [5, 5.41) is 6.38. The minimum atomic E-state index is -0.355. The van der Waals surface area contributed by atoms with Crippen molar-refractivity contribution in [1.82, 2.24) is 15.0 Å². The van der Waals surface area contributed by atoms with Crippen molar-refractivity contribution < 1.29 is 14.3 Å². The normalized spacial score (nSPS) is 15.4. The highest BCUT2D eigenvalue weighted by Crippen LogP contribution is 2.31. The zero-order valence-corrected chi connectivity index (χ0v) is 23.2. The van der Waals surface area contributed by atoms with Gasteiger partial charge in [0.1, 0.15) is 5.82 Å². The molecule has 0 bridgehead atoms. The van der Waals surface area contributed by atoms with Crippen LogP contribution in [-0.4, -0.2) is 73.6 Å². The van der Waals surface area contributed by atoms with Gasteiger partial charge in [0.25, 0.3) is 0 Å². The number of hydrogen-bond donors (Lipinski definition) is 2.